The molecule has 0 bridgehead atoms. The highest BCUT2D eigenvalue weighted by Gasteiger charge is 2.11. The average Bonchev–Trinajstić information content (AvgIpc) is 2.67. The summed E-state index contributed by atoms with van der Waals surface area (Å²) in [5.41, 5.74) is 1.77. The molecule has 0 spiro atoms. The molecule has 2 N–H and O–H groups in total. The van der Waals surface area contributed by atoms with Gasteiger partial charge in [0.05, 0.1) is 38.6 Å². The van der Waals surface area contributed by atoms with E-state index >= 15 is 0 Å². The molecule has 0 unspecified atom stereocenters. The van der Waals surface area contributed by atoms with Crippen molar-refractivity contribution >= 4 is 23.2 Å². The maximum absolute atomic E-state index is 12.0. The lowest BCUT2D eigenvalue weighted by molar-refractivity contribution is -0.119. The molecule has 0 radical (unpaired) electrons. The van der Waals surface area contributed by atoms with Crippen LogP contribution in [-0.4, -0.2) is 40.3 Å². The molecule has 1 amide bonds. The Morgan fingerprint density at radius 2 is 1.69 bits per heavy atom. The van der Waals surface area contributed by atoms with Gasteiger partial charge in [-0.3, -0.25) is 4.79 Å². The molecule has 0 aliphatic rings. The summed E-state index contributed by atoms with van der Waals surface area (Å²) < 4.78 is 15.6. The van der Waals surface area contributed by atoms with E-state index in [1.165, 1.54) is 14.2 Å². The maximum atomic E-state index is 12.0. The Kier molecular flexibility index (Phi) is 7.41. The molecule has 0 saturated heterocycles. The van der Waals surface area contributed by atoms with Crippen LogP contribution in [0.25, 0.3) is 0 Å². The fourth-order valence-electron chi connectivity index (χ4n) is 2.38. The molecule has 0 atom stereocenters. The Morgan fingerprint density at radius 3 is 2.31 bits per heavy atom. The van der Waals surface area contributed by atoms with Crippen LogP contribution in [0.5, 0.6) is 17.2 Å². The van der Waals surface area contributed by atoms with E-state index in [1.807, 2.05) is 24.3 Å². The molecule has 0 heterocycles. The zero-order valence-electron chi connectivity index (χ0n) is 15.1. The van der Waals surface area contributed by atoms with Crippen LogP contribution < -0.4 is 24.8 Å². The number of methoxy groups -OCH3 is 3. The fourth-order valence-corrected chi connectivity index (χ4v) is 2.61. The zero-order chi connectivity index (χ0) is 18.9. The first kappa shape index (κ1) is 19.7. The third-order valence-electron chi connectivity index (χ3n) is 3.81. The van der Waals surface area contributed by atoms with Gasteiger partial charge in [-0.15, -0.1) is 0 Å². The molecule has 2 rings (SSSR count). The van der Waals surface area contributed by atoms with Crippen molar-refractivity contribution < 1.29 is 19.0 Å². The van der Waals surface area contributed by atoms with E-state index in [1.54, 1.807) is 19.2 Å². The number of benzene rings is 2. The molecule has 2 aromatic carbocycles. The Labute approximate surface area is 158 Å². The van der Waals surface area contributed by atoms with Gasteiger partial charge in [0.15, 0.2) is 0 Å². The van der Waals surface area contributed by atoms with Gasteiger partial charge < -0.3 is 24.8 Å². The van der Waals surface area contributed by atoms with E-state index in [2.05, 4.69) is 10.6 Å². The molecule has 0 saturated carbocycles. The Balaban J connectivity index is 1.82. The minimum atomic E-state index is -0.116. The Morgan fingerprint density at radius 1 is 1.00 bits per heavy atom. The van der Waals surface area contributed by atoms with E-state index in [0.29, 0.717) is 28.8 Å². The number of halogens is 1. The highest BCUT2D eigenvalue weighted by atomic mass is 35.5. The Hall–Kier alpha value is -2.60. The van der Waals surface area contributed by atoms with E-state index in [9.17, 15) is 4.79 Å². The smallest absolute Gasteiger partial charge is 0.239 e. The normalized spacial score (nSPS) is 10.2. The molecule has 140 valence electrons. The molecule has 0 aromatic heterocycles. The number of anilines is 1. The second-order valence-electron chi connectivity index (χ2n) is 5.49. The third-order valence-corrected chi connectivity index (χ3v) is 4.10. The first-order chi connectivity index (χ1) is 12.6. The van der Waals surface area contributed by atoms with Gasteiger partial charge in [-0.1, -0.05) is 23.7 Å². The number of carbonyl (C=O) groups is 1. The van der Waals surface area contributed by atoms with Crippen molar-refractivity contribution in [2.75, 3.05) is 39.7 Å². The molecular formula is C19H23ClN2O4. The van der Waals surface area contributed by atoms with Crippen LogP contribution in [0.1, 0.15) is 5.56 Å². The topological polar surface area (TPSA) is 68.8 Å². The van der Waals surface area contributed by atoms with Crippen molar-refractivity contribution in [3.05, 3.63) is 47.0 Å². The minimum absolute atomic E-state index is 0.115. The molecule has 6 nitrogen and oxygen atoms in total. The van der Waals surface area contributed by atoms with Crippen molar-refractivity contribution in [1.29, 1.82) is 0 Å². The van der Waals surface area contributed by atoms with E-state index < -0.39 is 0 Å². The van der Waals surface area contributed by atoms with Crippen molar-refractivity contribution in [3.8, 4) is 17.2 Å². The second-order valence-corrected chi connectivity index (χ2v) is 5.90. The molecule has 0 aliphatic heterocycles. The number of carbonyl (C=O) groups excluding carboxylic acids is 1. The number of hydrogen-bond acceptors (Lipinski definition) is 5. The van der Waals surface area contributed by atoms with Gasteiger partial charge in [-0.2, -0.15) is 0 Å². The maximum Gasteiger partial charge on any atom is 0.239 e. The van der Waals surface area contributed by atoms with Crippen LogP contribution in [0.2, 0.25) is 5.02 Å². The molecule has 26 heavy (non-hydrogen) atoms. The summed E-state index contributed by atoms with van der Waals surface area (Å²) in [4.78, 5) is 12.0. The summed E-state index contributed by atoms with van der Waals surface area (Å²) in [5, 5.41) is 6.36. The van der Waals surface area contributed by atoms with Gasteiger partial charge >= 0.3 is 0 Å². The predicted octanol–water partition coefficient (Wildman–Crippen LogP) is 3.14. The highest BCUT2D eigenvalue weighted by molar-refractivity contribution is 6.32. The average molecular weight is 379 g/mol. The van der Waals surface area contributed by atoms with Gasteiger partial charge in [-0.05, 0) is 24.1 Å². The summed E-state index contributed by atoms with van der Waals surface area (Å²) in [6.07, 6.45) is 0.744. The van der Waals surface area contributed by atoms with Crippen molar-refractivity contribution in [3.63, 3.8) is 0 Å². The SMILES string of the molecule is COc1ccc(CCNC(=O)CNc2cc(OC)c(Cl)cc2OC)cc1. The number of nitrogens with one attached hydrogen (secondary N) is 2. The minimum Gasteiger partial charge on any atom is -0.497 e. The predicted molar refractivity (Wildman–Crippen MR) is 103 cm³/mol. The molecule has 0 fully saturated rings. The number of hydrogen-bond donors (Lipinski definition) is 2. The summed E-state index contributed by atoms with van der Waals surface area (Å²) >= 11 is 6.07. The van der Waals surface area contributed by atoms with Gasteiger partial charge in [0, 0.05) is 18.7 Å². The van der Waals surface area contributed by atoms with Crippen LogP contribution in [0.4, 0.5) is 5.69 Å². The number of amides is 1. The lowest BCUT2D eigenvalue weighted by Crippen LogP contribution is -2.31. The van der Waals surface area contributed by atoms with Gasteiger partial charge in [-0.25, -0.2) is 0 Å². The van der Waals surface area contributed by atoms with Crippen molar-refractivity contribution in [1.82, 2.24) is 5.32 Å². The summed E-state index contributed by atoms with van der Waals surface area (Å²) in [6.45, 7) is 0.664. The van der Waals surface area contributed by atoms with Crippen molar-refractivity contribution in [2.24, 2.45) is 0 Å². The largest absolute Gasteiger partial charge is 0.497 e. The molecular weight excluding hydrogens is 356 g/mol. The van der Waals surface area contributed by atoms with Crippen LogP contribution >= 0.6 is 11.6 Å². The highest BCUT2D eigenvalue weighted by Crippen LogP contribution is 2.35. The fraction of sp³-hybridized carbons (Fsp3) is 0.316. The quantitative estimate of drug-likeness (QED) is 0.701. The molecule has 7 heteroatoms. The summed E-state index contributed by atoms with van der Waals surface area (Å²) in [7, 11) is 4.70. The van der Waals surface area contributed by atoms with Crippen LogP contribution in [0, 0.1) is 0 Å². The zero-order valence-corrected chi connectivity index (χ0v) is 15.9. The Bertz CT molecular complexity index is 735. The molecule has 2 aromatic rings. The van der Waals surface area contributed by atoms with Crippen molar-refractivity contribution in [2.45, 2.75) is 6.42 Å². The number of ether oxygens (including phenoxy) is 3. The van der Waals surface area contributed by atoms with Crippen LogP contribution in [0.3, 0.4) is 0 Å². The lowest BCUT2D eigenvalue weighted by Gasteiger charge is -2.14. The van der Waals surface area contributed by atoms with Gasteiger partial charge in [0.2, 0.25) is 5.91 Å². The lowest BCUT2D eigenvalue weighted by atomic mass is 10.1. The van der Waals surface area contributed by atoms with Crippen LogP contribution in [-0.2, 0) is 11.2 Å². The number of rotatable bonds is 9. The third kappa shape index (κ3) is 5.46. The van der Waals surface area contributed by atoms with E-state index in [4.69, 9.17) is 25.8 Å². The first-order valence-electron chi connectivity index (χ1n) is 8.12. The van der Waals surface area contributed by atoms with Gasteiger partial charge in [0.1, 0.15) is 17.2 Å². The summed E-state index contributed by atoms with van der Waals surface area (Å²) in [5.74, 6) is 1.75. The van der Waals surface area contributed by atoms with Gasteiger partial charge in [0.25, 0.3) is 0 Å². The van der Waals surface area contributed by atoms with Crippen LogP contribution in [0.15, 0.2) is 36.4 Å². The first-order valence-corrected chi connectivity index (χ1v) is 8.50. The standard InChI is InChI=1S/C19H23ClN2O4/c1-24-14-6-4-13(5-7-14)8-9-21-19(23)12-22-16-11-17(25-2)15(20)10-18(16)26-3/h4-7,10-11,22H,8-9,12H2,1-3H3,(H,21,23). The second kappa shape index (κ2) is 9.77. The monoisotopic (exact) mass is 378 g/mol. The molecule has 0 aliphatic carbocycles. The van der Waals surface area contributed by atoms with E-state index in [0.717, 1.165) is 17.7 Å². The summed E-state index contributed by atoms with van der Waals surface area (Å²) in [6, 6.07) is 11.1. The van der Waals surface area contributed by atoms with E-state index in [-0.39, 0.29) is 12.5 Å².